The Hall–Kier alpha value is -1.50. The third-order valence-electron chi connectivity index (χ3n) is 4.65. The van der Waals surface area contributed by atoms with Crippen molar-refractivity contribution in [3.05, 3.63) is 69.2 Å². The van der Waals surface area contributed by atoms with Crippen molar-refractivity contribution in [2.45, 2.75) is 45.0 Å². The number of hydrogen-bond acceptors (Lipinski definition) is 3. The summed E-state index contributed by atoms with van der Waals surface area (Å²) in [6.07, 6.45) is 1.94. The molecule has 1 N–H and O–H groups in total. The number of unbranched alkanes of at least 4 members (excludes halogenated alkanes) is 1. The van der Waals surface area contributed by atoms with Crippen molar-refractivity contribution in [1.29, 1.82) is 0 Å². The molecule has 4 nitrogen and oxygen atoms in total. The van der Waals surface area contributed by atoms with Gasteiger partial charge >= 0.3 is 0 Å². The Balaban J connectivity index is 2.03. The highest BCUT2D eigenvalue weighted by Crippen LogP contribution is 2.19. The summed E-state index contributed by atoms with van der Waals surface area (Å²) in [4.78, 5) is 27.3. The molecule has 0 aromatic heterocycles. The van der Waals surface area contributed by atoms with Gasteiger partial charge in [-0.1, -0.05) is 65.1 Å². The van der Waals surface area contributed by atoms with Crippen LogP contribution >= 0.6 is 39.3 Å². The van der Waals surface area contributed by atoms with Crippen LogP contribution in [0.1, 0.15) is 37.8 Å². The van der Waals surface area contributed by atoms with Gasteiger partial charge in [-0.25, -0.2) is 0 Å². The summed E-state index contributed by atoms with van der Waals surface area (Å²) in [6.45, 7) is 4.89. The van der Waals surface area contributed by atoms with Crippen molar-refractivity contribution in [3.8, 4) is 0 Å². The minimum atomic E-state index is -0.537. The minimum absolute atomic E-state index is 0.0527. The van der Waals surface area contributed by atoms with Gasteiger partial charge in [-0.3, -0.25) is 9.59 Å². The average molecular weight is 512 g/mol. The minimum Gasteiger partial charge on any atom is -0.354 e. The zero-order chi connectivity index (χ0) is 21.9. The molecule has 0 aliphatic carbocycles. The Labute approximate surface area is 196 Å². The first kappa shape index (κ1) is 24.8. The lowest BCUT2D eigenvalue weighted by molar-refractivity contribution is -0.138. The molecule has 0 aliphatic rings. The Morgan fingerprint density at radius 1 is 1.17 bits per heavy atom. The van der Waals surface area contributed by atoms with E-state index >= 15 is 0 Å². The lowest BCUT2D eigenvalue weighted by Crippen LogP contribution is -2.48. The van der Waals surface area contributed by atoms with Crippen LogP contribution in [0, 0.1) is 0 Å². The van der Waals surface area contributed by atoms with E-state index in [0.29, 0.717) is 29.6 Å². The highest BCUT2D eigenvalue weighted by molar-refractivity contribution is 9.10. The molecule has 0 fully saturated rings. The number of nitrogens with one attached hydrogen (secondary N) is 1. The smallest absolute Gasteiger partial charge is 0.242 e. The first-order valence-electron chi connectivity index (χ1n) is 10.0. The number of rotatable bonds is 11. The van der Waals surface area contributed by atoms with E-state index in [0.717, 1.165) is 28.4 Å². The predicted molar refractivity (Wildman–Crippen MR) is 130 cm³/mol. The number of nitrogens with zero attached hydrogens (tertiary/aromatic N) is 1. The van der Waals surface area contributed by atoms with Crippen molar-refractivity contribution in [1.82, 2.24) is 10.2 Å². The monoisotopic (exact) mass is 510 g/mol. The van der Waals surface area contributed by atoms with Crippen LogP contribution in [-0.4, -0.2) is 35.1 Å². The van der Waals surface area contributed by atoms with Crippen molar-refractivity contribution in [2.24, 2.45) is 0 Å². The summed E-state index contributed by atoms with van der Waals surface area (Å²) in [7, 11) is 0. The van der Waals surface area contributed by atoms with Crippen molar-refractivity contribution in [3.63, 3.8) is 0 Å². The standard InChI is InChI=1S/C23H28BrClN2O2S/c1-3-4-12-26-23(29)17(2)27(14-18-8-10-20(24)11-9-18)22(28)16-30-15-19-6-5-7-21(25)13-19/h5-11,13,17H,3-4,12,14-16H2,1-2H3,(H,26,29)/t17-/m0/s1. The summed E-state index contributed by atoms with van der Waals surface area (Å²) >= 11 is 11.0. The van der Waals surface area contributed by atoms with Crippen LogP contribution in [0.4, 0.5) is 0 Å². The fraction of sp³-hybridized carbons (Fsp3) is 0.391. The van der Waals surface area contributed by atoms with Gasteiger partial charge in [0.15, 0.2) is 0 Å². The zero-order valence-electron chi connectivity index (χ0n) is 17.4. The maximum absolute atomic E-state index is 13.0. The molecule has 0 bridgehead atoms. The number of thioether (sulfide) groups is 1. The van der Waals surface area contributed by atoms with Crippen LogP contribution in [-0.2, 0) is 21.9 Å². The van der Waals surface area contributed by atoms with Gasteiger partial charge < -0.3 is 10.2 Å². The quantitative estimate of drug-likeness (QED) is 0.396. The first-order valence-corrected chi connectivity index (χ1v) is 12.4. The van der Waals surface area contributed by atoms with Gasteiger partial charge in [0.2, 0.25) is 11.8 Å². The van der Waals surface area contributed by atoms with Crippen LogP contribution in [0.2, 0.25) is 5.02 Å². The van der Waals surface area contributed by atoms with Crippen molar-refractivity contribution in [2.75, 3.05) is 12.3 Å². The summed E-state index contributed by atoms with van der Waals surface area (Å²) < 4.78 is 0.978. The molecular formula is C23H28BrClN2O2S. The number of carbonyl (C=O) groups is 2. The largest absolute Gasteiger partial charge is 0.354 e. The van der Waals surface area contributed by atoms with Gasteiger partial charge in [0, 0.05) is 28.3 Å². The highest BCUT2D eigenvalue weighted by atomic mass is 79.9. The average Bonchev–Trinajstić information content (AvgIpc) is 2.73. The predicted octanol–water partition coefficient (Wildman–Crippen LogP) is 5.67. The van der Waals surface area contributed by atoms with E-state index in [1.807, 2.05) is 48.5 Å². The number of amides is 2. The summed E-state index contributed by atoms with van der Waals surface area (Å²) in [5, 5.41) is 3.63. The Morgan fingerprint density at radius 2 is 1.90 bits per heavy atom. The molecule has 0 spiro atoms. The number of benzene rings is 2. The molecule has 0 heterocycles. The van der Waals surface area contributed by atoms with Crippen molar-refractivity contribution < 1.29 is 9.59 Å². The summed E-state index contributed by atoms with van der Waals surface area (Å²) in [6, 6.07) is 14.9. The fourth-order valence-electron chi connectivity index (χ4n) is 2.87. The molecule has 0 aliphatic heterocycles. The topological polar surface area (TPSA) is 49.4 Å². The second kappa shape index (κ2) is 13.0. The molecule has 2 amide bonds. The number of carbonyl (C=O) groups excluding carboxylic acids is 2. The molecular weight excluding hydrogens is 484 g/mol. The summed E-state index contributed by atoms with van der Waals surface area (Å²) in [5.41, 5.74) is 2.06. The second-order valence-electron chi connectivity index (χ2n) is 7.09. The maximum Gasteiger partial charge on any atom is 0.242 e. The fourth-order valence-corrected chi connectivity index (χ4v) is 4.21. The molecule has 7 heteroatoms. The first-order chi connectivity index (χ1) is 14.4. The zero-order valence-corrected chi connectivity index (χ0v) is 20.5. The normalized spacial score (nSPS) is 11.7. The van der Waals surface area contributed by atoms with Crippen LogP contribution in [0.5, 0.6) is 0 Å². The molecule has 1 atom stereocenters. The van der Waals surface area contributed by atoms with Crippen LogP contribution in [0.15, 0.2) is 53.0 Å². The van der Waals surface area contributed by atoms with E-state index < -0.39 is 6.04 Å². The van der Waals surface area contributed by atoms with E-state index in [4.69, 9.17) is 11.6 Å². The molecule has 2 rings (SSSR count). The van der Waals surface area contributed by atoms with Gasteiger partial charge in [-0.15, -0.1) is 11.8 Å². The van der Waals surface area contributed by atoms with Crippen LogP contribution < -0.4 is 5.32 Å². The van der Waals surface area contributed by atoms with E-state index in [1.54, 1.807) is 11.8 Å². The van der Waals surface area contributed by atoms with E-state index in [1.165, 1.54) is 11.8 Å². The molecule has 2 aromatic carbocycles. The molecule has 0 radical (unpaired) electrons. The lowest BCUT2D eigenvalue weighted by atomic mass is 10.1. The van der Waals surface area contributed by atoms with Gasteiger partial charge in [0.25, 0.3) is 0 Å². The van der Waals surface area contributed by atoms with Gasteiger partial charge in [0.1, 0.15) is 6.04 Å². The summed E-state index contributed by atoms with van der Waals surface area (Å²) in [5.74, 6) is 0.822. The Kier molecular flexibility index (Phi) is 10.8. The Morgan fingerprint density at radius 3 is 2.57 bits per heavy atom. The third kappa shape index (κ3) is 8.32. The highest BCUT2D eigenvalue weighted by Gasteiger charge is 2.25. The number of hydrogen-bond donors (Lipinski definition) is 1. The molecule has 0 unspecified atom stereocenters. The second-order valence-corrected chi connectivity index (χ2v) is 9.43. The van der Waals surface area contributed by atoms with E-state index in [-0.39, 0.29) is 11.8 Å². The Bertz CT molecular complexity index is 832. The van der Waals surface area contributed by atoms with E-state index in [9.17, 15) is 9.59 Å². The molecule has 162 valence electrons. The SMILES string of the molecule is CCCCNC(=O)[C@H](C)N(Cc1ccc(Br)cc1)C(=O)CSCc1cccc(Cl)c1. The maximum atomic E-state index is 13.0. The number of halogens is 2. The van der Waals surface area contributed by atoms with Crippen LogP contribution in [0.25, 0.3) is 0 Å². The molecule has 0 saturated heterocycles. The molecule has 30 heavy (non-hydrogen) atoms. The van der Waals surface area contributed by atoms with Crippen molar-refractivity contribution >= 4 is 51.1 Å². The van der Waals surface area contributed by atoms with Crippen LogP contribution in [0.3, 0.4) is 0 Å². The molecule has 0 saturated carbocycles. The van der Waals surface area contributed by atoms with Gasteiger partial charge in [-0.2, -0.15) is 0 Å². The van der Waals surface area contributed by atoms with Gasteiger partial charge in [0.05, 0.1) is 5.75 Å². The van der Waals surface area contributed by atoms with E-state index in [2.05, 4.69) is 28.2 Å². The van der Waals surface area contributed by atoms with Gasteiger partial charge in [-0.05, 0) is 48.7 Å². The lowest BCUT2D eigenvalue weighted by Gasteiger charge is -2.29. The molecule has 2 aromatic rings. The third-order valence-corrected chi connectivity index (χ3v) is 6.40.